The molecule has 4 rings (SSSR count). The van der Waals surface area contributed by atoms with Gasteiger partial charge in [0.05, 0.1) is 32.1 Å². The number of benzene rings is 2. The number of hydrogen-bond donors (Lipinski definition) is 1. The van der Waals surface area contributed by atoms with E-state index in [1.807, 2.05) is 30.3 Å². The fourth-order valence-electron chi connectivity index (χ4n) is 5.06. The summed E-state index contributed by atoms with van der Waals surface area (Å²) in [5, 5.41) is 3.46. The van der Waals surface area contributed by atoms with Crippen molar-refractivity contribution in [2.24, 2.45) is 5.41 Å². The first kappa shape index (κ1) is 27.0. The summed E-state index contributed by atoms with van der Waals surface area (Å²) in [7, 11) is 2.77. The number of rotatable bonds is 8. The number of carbonyl (C=O) groups is 3. The minimum absolute atomic E-state index is 0.0207. The molecule has 0 aromatic heterocycles. The summed E-state index contributed by atoms with van der Waals surface area (Å²) >= 11 is 0. The number of methoxy groups -OCH3 is 2. The Kier molecular flexibility index (Phi) is 7.90. The minimum atomic E-state index is -0.687. The Morgan fingerprint density at radius 3 is 2.42 bits per heavy atom. The molecule has 8 heteroatoms. The van der Waals surface area contributed by atoms with Crippen LogP contribution in [-0.2, 0) is 23.9 Å². The number of dihydropyridines is 1. The van der Waals surface area contributed by atoms with Gasteiger partial charge >= 0.3 is 11.9 Å². The molecule has 0 saturated heterocycles. The van der Waals surface area contributed by atoms with Crippen molar-refractivity contribution in [1.29, 1.82) is 0 Å². The van der Waals surface area contributed by atoms with Crippen molar-refractivity contribution in [3.05, 3.63) is 76.5 Å². The number of nitrogens with one attached hydrogen (secondary N) is 1. The van der Waals surface area contributed by atoms with Gasteiger partial charge in [-0.2, -0.15) is 0 Å². The molecule has 1 heterocycles. The molecule has 0 unspecified atom stereocenters. The van der Waals surface area contributed by atoms with E-state index < -0.39 is 17.9 Å². The lowest BCUT2D eigenvalue weighted by molar-refractivity contribution is -0.143. The van der Waals surface area contributed by atoms with Crippen LogP contribution in [-0.4, -0.2) is 45.2 Å². The monoisotopic (exact) mass is 519 g/mol. The molecule has 2 aromatic carbocycles. The maximum Gasteiger partial charge on any atom is 0.343 e. The predicted molar refractivity (Wildman–Crippen MR) is 141 cm³/mol. The third-order valence-electron chi connectivity index (χ3n) is 6.69. The van der Waals surface area contributed by atoms with E-state index in [0.717, 1.165) is 11.3 Å². The van der Waals surface area contributed by atoms with E-state index in [9.17, 15) is 14.4 Å². The molecule has 0 spiro atoms. The Morgan fingerprint density at radius 1 is 1.03 bits per heavy atom. The largest absolute Gasteiger partial charge is 0.493 e. The first-order valence-corrected chi connectivity index (χ1v) is 12.6. The van der Waals surface area contributed by atoms with Gasteiger partial charge in [0, 0.05) is 23.6 Å². The highest BCUT2D eigenvalue weighted by Crippen LogP contribution is 2.49. The van der Waals surface area contributed by atoms with Gasteiger partial charge in [0.2, 0.25) is 0 Å². The van der Waals surface area contributed by atoms with Crippen LogP contribution in [0.1, 0.15) is 50.7 Å². The molecule has 1 atom stereocenters. The zero-order chi connectivity index (χ0) is 27.4. The van der Waals surface area contributed by atoms with E-state index in [1.54, 1.807) is 25.1 Å². The molecular weight excluding hydrogens is 486 g/mol. The Hall–Kier alpha value is -4.07. The molecule has 8 nitrogen and oxygen atoms in total. The van der Waals surface area contributed by atoms with Crippen LogP contribution < -0.4 is 14.8 Å². The quantitative estimate of drug-likeness (QED) is 0.507. The molecule has 0 fully saturated rings. The lowest BCUT2D eigenvalue weighted by atomic mass is 9.68. The Balaban J connectivity index is 1.92. The van der Waals surface area contributed by atoms with Crippen LogP contribution in [0, 0.1) is 5.41 Å². The van der Waals surface area contributed by atoms with Crippen LogP contribution in [0.25, 0.3) is 5.70 Å². The highest BCUT2D eigenvalue weighted by Gasteiger charge is 2.44. The highest BCUT2D eigenvalue weighted by molar-refractivity contribution is 6.08. The number of ketones is 1. The van der Waals surface area contributed by atoms with Crippen LogP contribution in [0.4, 0.5) is 0 Å². The molecule has 0 bridgehead atoms. The molecule has 0 amide bonds. The van der Waals surface area contributed by atoms with Gasteiger partial charge in [0.15, 0.2) is 23.9 Å². The first-order valence-electron chi connectivity index (χ1n) is 12.6. The Morgan fingerprint density at radius 2 is 1.76 bits per heavy atom. The van der Waals surface area contributed by atoms with Crippen LogP contribution >= 0.6 is 0 Å². The van der Waals surface area contributed by atoms with Gasteiger partial charge in [-0.05, 0) is 42.0 Å². The summed E-state index contributed by atoms with van der Waals surface area (Å²) in [5.74, 6) is -1.04. The van der Waals surface area contributed by atoms with E-state index in [2.05, 4.69) is 23.9 Å². The average Bonchev–Trinajstić information content (AvgIpc) is 2.90. The smallest absolute Gasteiger partial charge is 0.343 e. The molecular formula is C30H33NO7. The standard InChI is InChI=1S/C30H33NO7/c1-6-37-29(34)27-25(19-12-13-22(23(14-19)35-4)38-17-24(33)36-5)26-20(15-30(2,3)16-21(26)32)31-28(27)18-10-8-7-9-11-18/h7-14,25,31H,6,15-17H2,1-5H3/t25-/m1/s1. The molecule has 2 aliphatic rings. The van der Waals surface area contributed by atoms with E-state index in [1.165, 1.54) is 14.2 Å². The first-order chi connectivity index (χ1) is 18.2. The van der Waals surface area contributed by atoms with Gasteiger partial charge < -0.3 is 24.3 Å². The Labute approximate surface area is 222 Å². The van der Waals surface area contributed by atoms with E-state index >= 15 is 0 Å². The number of esters is 2. The summed E-state index contributed by atoms with van der Waals surface area (Å²) in [4.78, 5) is 38.8. The maximum atomic E-state index is 13.6. The zero-order valence-corrected chi connectivity index (χ0v) is 22.4. The average molecular weight is 520 g/mol. The summed E-state index contributed by atoms with van der Waals surface area (Å²) in [5.41, 5.74) is 3.57. The van der Waals surface area contributed by atoms with E-state index in [0.29, 0.717) is 46.7 Å². The number of allylic oxidation sites excluding steroid dienone is 2. The van der Waals surface area contributed by atoms with Crippen molar-refractivity contribution in [1.82, 2.24) is 5.32 Å². The van der Waals surface area contributed by atoms with Crippen LogP contribution in [0.3, 0.4) is 0 Å². The SMILES string of the molecule is CCOC(=O)C1=C(c2ccccc2)NC2=C(C(=O)CC(C)(C)C2)[C@H]1c1ccc(OCC(=O)OC)c(OC)c1. The lowest BCUT2D eigenvalue weighted by Gasteiger charge is -2.40. The van der Waals surface area contributed by atoms with Crippen molar-refractivity contribution in [2.75, 3.05) is 27.4 Å². The van der Waals surface area contributed by atoms with Crippen LogP contribution in [0.5, 0.6) is 11.5 Å². The van der Waals surface area contributed by atoms with Crippen molar-refractivity contribution in [2.45, 2.75) is 39.5 Å². The minimum Gasteiger partial charge on any atom is -0.493 e. The second kappa shape index (κ2) is 11.1. The van der Waals surface area contributed by atoms with Gasteiger partial charge in [0.1, 0.15) is 0 Å². The summed E-state index contributed by atoms with van der Waals surface area (Å²) in [6.45, 7) is 5.78. The summed E-state index contributed by atoms with van der Waals surface area (Å²) in [6, 6.07) is 14.7. The third-order valence-corrected chi connectivity index (χ3v) is 6.69. The number of hydrogen-bond acceptors (Lipinski definition) is 8. The molecule has 0 saturated carbocycles. The molecule has 1 aliphatic heterocycles. The van der Waals surface area contributed by atoms with E-state index in [-0.39, 0.29) is 24.4 Å². The lowest BCUT2D eigenvalue weighted by Crippen LogP contribution is -2.38. The molecule has 1 aliphatic carbocycles. The maximum absolute atomic E-state index is 13.6. The normalized spacial score (nSPS) is 18.3. The van der Waals surface area contributed by atoms with Gasteiger partial charge in [-0.1, -0.05) is 50.2 Å². The zero-order valence-electron chi connectivity index (χ0n) is 22.4. The summed E-state index contributed by atoms with van der Waals surface area (Å²) < 4.78 is 21.3. The van der Waals surface area contributed by atoms with Gasteiger partial charge in [-0.25, -0.2) is 9.59 Å². The predicted octanol–water partition coefficient (Wildman–Crippen LogP) is 4.55. The molecule has 200 valence electrons. The van der Waals surface area contributed by atoms with Crippen molar-refractivity contribution in [3.63, 3.8) is 0 Å². The number of ether oxygens (including phenoxy) is 4. The highest BCUT2D eigenvalue weighted by atomic mass is 16.6. The second-order valence-electron chi connectivity index (χ2n) is 10.0. The van der Waals surface area contributed by atoms with Crippen molar-refractivity contribution < 1.29 is 33.3 Å². The van der Waals surface area contributed by atoms with Gasteiger partial charge in [-0.3, -0.25) is 4.79 Å². The second-order valence-corrected chi connectivity index (χ2v) is 10.0. The van der Waals surface area contributed by atoms with Crippen LogP contribution in [0.2, 0.25) is 0 Å². The topological polar surface area (TPSA) is 100 Å². The van der Waals surface area contributed by atoms with Crippen molar-refractivity contribution in [3.8, 4) is 11.5 Å². The molecule has 1 N–H and O–H groups in total. The number of Topliss-reactive ketones (excluding diaryl/α,β-unsaturated/α-hetero) is 1. The van der Waals surface area contributed by atoms with E-state index in [4.69, 9.17) is 14.2 Å². The van der Waals surface area contributed by atoms with Gasteiger partial charge in [0.25, 0.3) is 0 Å². The third kappa shape index (κ3) is 5.44. The van der Waals surface area contributed by atoms with Crippen LogP contribution in [0.15, 0.2) is 65.4 Å². The number of carbonyl (C=O) groups excluding carboxylic acids is 3. The molecule has 0 radical (unpaired) electrons. The fraction of sp³-hybridized carbons (Fsp3) is 0.367. The van der Waals surface area contributed by atoms with Crippen molar-refractivity contribution >= 4 is 23.4 Å². The molecule has 38 heavy (non-hydrogen) atoms. The Bertz CT molecular complexity index is 1310. The molecule has 2 aromatic rings. The fourth-order valence-corrected chi connectivity index (χ4v) is 5.06. The van der Waals surface area contributed by atoms with Gasteiger partial charge in [-0.15, -0.1) is 0 Å². The summed E-state index contributed by atoms with van der Waals surface area (Å²) in [6.07, 6.45) is 1.01.